The summed E-state index contributed by atoms with van der Waals surface area (Å²) in [6.07, 6.45) is 5.13. The number of nitrogens with zero attached hydrogens (tertiary/aromatic N) is 3. The first-order valence-electron chi connectivity index (χ1n) is 9.22. The molecule has 1 N–H and O–H groups in total. The SMILES string of the molecule is CCC1CCCCN1c1ccc(NS(=O)(=O)CCc2ccccc2)nn1. The highest BCUT2D eigenvalue weighted by molar-refractivity contribution is 7.92. The van der Waals surface area contributed by atoms with Crippen LogP contribution in [0.1, 0.15) is 38.2 Å². The fourth-order valence-corrected chi connectivity index (χ4v) is 4.40. The van der Waals surface area contributed by atoms with Gasteiger partial charge in [0.15, 0.2) is 11.6 Å². The first kappa shape index (κ1) is 18.6. The lowest BCUT2D eigenvalue weighted by Crippen LogP contribution is -2.39. The average molecular weight is 375 g/mol. The van der Waals surface area contributed by atoms with Crippen molar-refractivity contribution in [3.8, 4) is 0 Å². The molecule has 1 aromatic heterocycles. The quantitative estimate of drug-likeness (QED) is 0.805. The number of hydrogen-bond donors (Lipinski definition) is 1. The minimum Gasteiger partial charge on any atom is -0.352 e. The van der Waals surface area contributed by atoms with E-state index in [1.165, 1.54) is 12.8 Å². The van der Waals surface area contributed by atoms with Crippen molar-refractivity contribution >= 4 is 21.7 Å². The van der Waals surface area contributed by atoms with E-state index < -0.39 is 10.0 Å². The van der Waals surface area contributed by atoms with Gasteiger partial charge in [0.05, 0.1) is 5.75 Å². The van der Waals surface area contributed by atoms with Crippen LogP contribution >= 0.6 is 0 Å². The minimum atomic E-state index is -3.45. The second-order valence-corrected chi connectivity index (χ2v) is 8.53. The number of aromatic nitrogens is 2. The summed E-state index contributed by atoms with van der Waals surface area (Å²) < 4.78 is 27.1. The van der Waals surface area contributed by atoms with E-state index in [0.717, 1.165) is 30.8 Å². The molecule has 0 spiro atoms. The highest BCUT2D eigenvalue weighted by Crippen LogP contribution is 2.25. The topological polar surface area (TPSA) is 75.2 Å². The van der Waals surface area contributed by atoms with Gasteiger partial charge in [-0.15, -0.1) is 10.2 Å². The van der Waals surface area contributed by atoms with Crippen LogP contribution < -0.4 is 9.62 Å². The van der Waals surface area contributed by atoms with Crippen LogP contribution in [0.5, 0.6) is 0 Å². The van der Waals surface area contributed by atoms with E-state index in [2.05, 4.69) is 26.7 Å². The molecule has 0 amide bonds. The molecule has 0 radical (unpaired) electrons. The van der Waals surface area contributed by atoms with Crippen LogP contribution in [0.3, 0.4) is 0 Å². The maximum absolute atomic E-state index is 12.3. The van der Waals surface area contributed by atoms with Crippen molar-refractivity contribution in [3.05, 3.63) is 48.0 Å². The Labute approximate surface area is 155 Å². The molecule has 2 heterocycles. The lowest BCUT2D eigenvalue weighted by atomic mass is 10.0. The maximum Gasteiger partial charge on any atom is 0.234 e. The summed E-state index contributed by atoms with van der Waals surface area (Å²) in [5.41, 5.74) is 0.995. The van der Waals surface area contributed by atoms with Crippen LogP contribution in [-0.4, -0.2) is 37.0 Å². The Hall–Kier alpha value is -2.15. The number of piperidine rings is 1. The first-order valence-corrected chi connectivity index (χ1v) is 10.9. The number of rotatable bonds is 7. The fraction of sp³-hybridized carbons (Fsp3) is 0.474. The van der Waals surface area contributed by atoms with Gasteiger partial charge in [0.1, 0.15) is 0 Å². The van der Waals surface area contributed by atoms with Crippen molar-refractivity contribution in [2.75, 3.05) is 21.9 Å². The van der Waals surface area contributed by atoms with Gasteiger partial charge in [-0.05, 0) is 49.8 Å². The van der Waals surface area contributed by atoms with Gasteiger partial charge >= 0.3 is 0 Å². The zero-order valence-electron chi connectivity index (χ0n) is 15.1. The van der Waals surface area contributed by atoms with Crippen molar-refractivity contribution < 1.29 is 8.42 Å². The van der Waals surface area contributed by atoms with E-state index in [9.17, 15) is 8.42 Å². The van der Waals surface area contributed by atoms with Crippen molar-refractivity contribution in [2.24, 2.45) is 0 Å². The van der Waals surface area contributed by atoms with Gasteiger partial charge in [0.25, 0.3) is 0 Å². The molecule has 3 rings (SSSR count). The molecule has 1 aromatic carbocycles. The number of hydrogen-bond acceptors (Lipinski definition) is 5. The Bertz CT molecular complexity index is 794. The molecule has 1 aliphatic heterocycles. The molecule has 7 heteroatoms. The van der Waals surface area contributed by atoms with Crippen molar-refractivity contribution in [1.29, 1.82) is 0 Å². The Morgan fingerprint density at radius 1 is 1.12 bits per heavy atom. The molecule has 26 heavy (non-hydrogen) atoms. The van der Waals surface area contributed by atoms with Gasteiger partial charge in [0, 0.05) is 12.6 Å². The molecule has 1 atom stereocenters. The van der Waals surface area contributed by atoms with Crippen LogP contribution in [-0.2, 0) is 16.4 Å². The molecule has 2 aromatic rings. The number of sulfonamides is 1. The summed E-state index contributed by atoms with van der Waals surface area (Å²) >= 11 is 0. The summed E-state index contributed by atoms with van der Waals surface area (Å²) in [5, 5.41) is 8.33. The Morgan fingerprint density at radius 2 is 1.92 bits per heavy atom. The standard InChI is InChI=1S/C19H26N4O2S/c1-2-17-10-6-7-14-23(17)19-12-11-18(20-21-19)22-26(24,25)15-13-16-8-4-3-5-9-16/h3-5,8-9,11-12,17H,2,6-7,10,13-15H2,1H3,(H,20,22). The van der Waals surface area contributed by atoms with E-state index in [0.29, 0.717) is 12.5 Å². The van der Waals surface area contributed by atoms with Gasteiger partial charge in [-0.25, -0.2) is 8.42 Å². The molecule has 140 valence electrons. The molecule has 1 unspecified atom stereocenters. The molecule has 1 aliphatic rings. The predicted octanol–water partition coefficient (Wildman–Crippen LogP) is 3.23. The van der Waals surface area contributed by atoms with E-state index >= 15 is 0 Å². The van der Waals surface area contributed by atoms with Crippen LogP contribution in [0, 0.1) is 0 Å². The minimum absolute atomic E-state index is 0.0183. The van der Waals surface area contributed by atoms with Gasteiger partial charge in [-0.1, -0.05) is 37.3 Å². The van der Waals surface area contributed by atoms with Crippen molar-refractivity contribution in [2.45, 2.75) is 45.1 Å². The highest BCUT2D eigenvalue weighted by Gasteiger charge is 2.22. The van der Waals surface area contributed by atoms with Crippen LogP contribution in [0.2, 0.25) is 0 Å². The van der Waals surface area contributed by atoms with Crippen molar-refractivity contribution in [1.82, 2.24) is 10.2 Å². The van der Waals surface area contributed by atoms with Crippen LogP contribution in [0.25, 0.3) is 0 Å². The molecule has 0 bridgehead atoms. The van der Waals surface area contributed by atoms with E-state index in [1.807, 2.05) is 36.4 Å². The normalized spacial score (nSPS) is 17.9. The molecular weight excluding hydrogens is 348 g/mol. The number of aryl methyl sites for hydroxylation is 1. The fourth-order valence-electron chi connectivity index (χ4n) is 3.37. The third kappa shape index (κ3) is 4.94. The zero-order chi connectivity index (χ0) is 18.4. The maximum atomic E-state index is 12.3. The summed E-state index contributed by atoms with van der Waals surface area (Å²) in [4.78, 5) is 2.28. The second kappa shape index (κ2) is 8.49. The Balaban J connectivity index is 1.61. The second-order valence-electron chi connectivity index (χ2n) is 6.68. The molecule has 0 aliphatic carbocycles. The summed E-state index contributed by atoms with van der Waals surface area (Å²) in [6, 6.07) is 13.6. The molecular formula is C19H26N4O2S. The number of benzene rings is 1. The highest BCUT2D eigenvalue weighted by atomic mass is 32.2. The summed E-state index contributed by atoms with van der Waals surface area (Å²) in [6.45, 7) is 3.17. The lowest BCUT2D eigenvalue weighted by Gasteiger charge is -2.35. The third-order valence-electron chi connectivity index (χ3n) is 4.81. The lowest BCUT2D eigenvalue weighted by molar-refractivity contribution is 0.445. The monoisotopic (exact) mass is 374 g/mol. The Kier molecular flexibility index (Phi) is 6.08. The number of nitrogens with one attached hydrogen (secondary N) is 1. The largest absolute Gasteiger partial charge is 0.352 e. The Morgan fingerprint density at radius 3 is 2.62 bits per heavy atom. The summed E-state index contributed by atoms with van der Waals surface area (Å²) in [5.74, 6) is 1.11. The third-order valence-corrected chi connectivity index (χ3v) is 6.07. The summed E-state index contributed by atoms with van der Waals surface area (Å²) in [7, 11) is -3.45. The molecule has 1 fully saturated rings. The van der Waals surface area contributed by atoms with Gasteiger partial charge in [0.2, 0.25) is 10.0 Å². The predicted molar refractivity (Wildman–Crippen MR) is 105 cm³/mol. The van der Waals surface area contributed by atoms with Gasteiger partial charge < -0.3 is 4.90 Å². The van der Waals surface area contributed by atoms with Crippen molar-refractivity contribution in [3.63, 3.8) is 0 Å². The molecule has 6 nitrogen and oxygen atoms in total. The van der Waals surface area contributed by atoms with Crippen LogP contribution in [0.15, 0.2) is 42.5 Å². The van der Waals surface area contributed by atoms with Crippen LogP contribution in [0.4, 0.5) is 11.6 Å². The van der Waals surface area contributed by atoms with E-state index in [-0.39, 0.29) is 11.6 Å². The molecule has 1 saturated heterocycles. The molecule has 0 saturated carbocycles. The van der Waals surface area contributed by atoms with Gasteiger partial charge in [-0.2, -0.15) is 0 Å². The number of anilines is 2. The smallest absolute Gasteiger partial charge is 0.234 e. The zero-order valence-corrected chi connectivity index (χ0v) is 16.0. The average Bonchev–Trinajstić information content (AvgIpc) is 2.68. The van der Waals surface area contributed by atoms with Gasteiger partial charge in [-0.3, -0.25) is 4.72 Å². The van der Waals surface area contributed by atoms with E-state index in [1.54, 1.807) is 6.07 Å². The first-order chi connectivity index (χ1) is 12.6. The van der Waals surface area contributed by atoms with E-state index in [4.69, 9.17) is 0 Å².